The van der Waals surface area contributed by atoms with E-state index < -0.39 is 17.8 Å². The number of rotatable bonds is 4. The van der Waals surface area contributed by atoms with Gasteiger partial charge in [0.15, 0.2) is 0 Å². The predicted molar refractivity (Wildman–Crippen MR) is 113 cm³/mol. The number of halogens is 4. The van der Waals surface area contributed by atoms with E-state index in [0.29, 0.717) is 27.6 Å². The lowest BCUT2D eigenvalue weighted by Gasteiger charge is -2.15. The topological polar surface area (TPSA) is 104 Å². The Balaban J connectivity index is 1.79. The summed E-state index contributed by atoms with van der Waals surface area (Å²) in [5.74, 6) is 0.133. The number of hydrogen-bond acceptors (Lipinski definition) is 6. The summed E-state index contributed by atoms with van der Waals surface area (Å²) >= 11 is 3.38. The number of H-pyrrole nitrogens is 1. The van der Waals surface area contributed by atoms with Gasteiger partial charge in [0.2, 0.25) is 5.95 Å². The quantitative estimate of drug-likeness (QED) is 0.426. The molecule has 0 aliphatic carbocycles. The number of benzene rings is 1. The maximum atomic E-state index is 13.7. The van der Waals surface area contributed by atoms with E-state index >= 15 is 0 Å². The van der Waals surface area contributed by atoms with Crippen LogP contribution in [-0.4, -0.2) is 47.3 Å². The average Bonchev–Trinajstić information content (AvgIpc) is 3.39. The first-order valence-electron chi connectivity index (χ1n) is 9.34. The molecule has 1 saturated heterocycles. The lowest BCUT2D eigenvalue weighted by molar-refractivity contribution is -0.137. The first-order valence-corrected chi connectivity index (χ1v) is 10.1. The molecule has 3 heterocycles. The Morgan fingerprint density at radius 1 is 1.35 bits per heavy atom. The van der Waals surface area contributed by atoms with Crippen molar-refractivity contribution in [2.75, 3.05) is 30.8 Å². The van der Waals surface area contributed by atoms with Crippen molar-refractivity contribution >= 4 is 44.6 Å². The first kappa shape index (κ1) is 21.4. The molecule has 0 spiro atoms. The molecule has 1 aliphatic heterocycles. The Kier molecular flexibility index (Phi) is 5.75. The van der Waals surface area contributed by atoms with Gasteiger partial charge in [-0.05, 0) is 35.0 Å². The number of nitrogens with zero attached hydrogens (tertiary/aromatic N) is 2. The Morgan fingerprint density at radius 3 is 2.84 bits per heavy atom. The molecule has 0 radical (unpaired) electrons. The number of hydrogen-bond donors (Lipinski definition) is 4. The number of fused-ring (bicyclic) bond motifs is 1. The fraction of sp³-hybridized carbons (Fsp3) is 0.316. The minimum absolute atomic E-state index is 0.0497. The van der Waals surface area contributed by atoms with Crippen LogP contribution in [0.25, 0.3) is 22.2 Å². The van der Waals surface area contributed by atoms with E-state index in [2.05, 4.69) is 51.6 Å². The van der Waals surface area contributed by atoms with Crippen LogP contribution in [0.4, 0.5) is 29.6 Å². The third-order valence-electron chi connectivity index (χ3n) is 4.96. The number of nitrogens with one attached hydrogen (secondary N) is 4. The van der Waals surface area contributed by atoms with Gasteiger partial charge in [-0.25, -0.2) is 14.8 Å². The lowest BCUT2D eigenvalue weighted by atomic mass is 10.1. The van der Waals surface area contributed by atoms with Crippen LogP contribution >= 0.6 is 15.9 Å². The van der Waals surface area contributed by atoms with Crippen molar-refractivity contribution in [3.05, 3.63) is 34.6 Å². The molecule has 2 aromatic heterocycles. The SMILES string of the molecule is COC(=O)Nc1ccc2c(-c3nc(NC4CCNC4)ncc3C(F)(F)F)c[nH]c2c1Br. The van der Waals surface area contributed by atoms with Crippen LogP contribution in [0.3, 0.4) is 0 Å². The van der Waals surface area contributed by atoms with Crippen molar-refractivity contribution in [1.29, 1.82) is 0 Å². The zero-order valence-corrected chi connectivity index (χ0v) is 17.8. The third kappa shape index (κ3) is 4.30. The smallest absolute Gasteiger partial charge is 0.419 e. The van der Waals surface area contributed by atoms with Crippen LogP contribution in [0, 0.1) is 0 Å². The maximum Gasteiger partial charge on any atom is 0.419 e. The summed E-state index contributed by atoms with van der Waals surface area (Å²) in [6.45, 7) is 1.51. The molecule has 1 aliphatic rings. The highest BCUT2D eigenvalue weighted by molar-refractivity contribution is 9.10. The van der Waals surface area contributed by atoms with E-state index in [9.17, 15) is 18.0 Å². The van der Waals surface area contributed by atoms with E-state index in [1.165, 1.54) is 13.3 Å². The standard InChI is InChI=1S/C19H18BrF3N6O2/c1-31-18(30)28-13-3-2-10-11(7-25-16(10)14(13)20)15-12(19(21,22)23)8-26-17(29-15)27-9-4-5-24-6-9/h2-3,7-9,24-25H,4-6H2,1H3,(H,28,30)(H,26,27,29). The Labute approximate surface area is 183 Å². The number of aromatic nitrogens is 3. The zero-order chi connectivity index (χ0) is 22.2. The van der Waals surface area contributed by atoms with E-state index in [4.69, 9.17) is 0 Å². The van der Waals surface area contributed by atoms with Crippen LogP contribution in [0.2, 0.25) is 0 Å². The monoisotopic (exact) mass is 498 g/mol. The number of alkyl halides is 3. The van der Waals surface area contributed by atoms with Gasteiger partial charge in [0.05, 0.1) is 28.5 Å². The molecule has 4 rings (SSSR count). The largest absolute Gasteiger partial charge is 0.453 e. The predicted octanol–water partition coefficient (Wildman–Crippen LogP) is 4.36. The summed E-state index contributed by atoms with van der Waals surface area (Å²) in [5.41, 5.74) is 0.00881. The van der Waals surface area contributed by atoms with Gasteiger partial charge in [0.1, 0.15) is 5.56 Å². The molecule has 3 aromatic rings. The highest BCUT2D eigenvalue weighted by atomic mass is 79.9. The summed E-state index contributed by atoms with van der Waals surface area (Å²) in [6.07, 6.45) is -2.21. The van der Waals surface area contributed by atoms with Gasteiger partial charge in [-0.1, -0.05) is 6.07 Å². The molecule has 1 fully saturated rings. The first-order chi connectivity index (χ1) is 14.8. The van der Waals surface area contributed by atoms with Crippen LogP contribution in [-0.2, 0) is 10.9 Å². The molecule has 1 atom stereocenters. The molecule has 1 amide bonds. The summed E-state index contributed by atoms with van der Waals surface area (Å²) in [4.78, 5) is 22.6. The minimum atomic E-state index is -4.63. The second-order valence-corrected chi connectivity index (χ2v) is 7.75. The van der Waals surface area contributed by atoms with Gasteiger partial charge in [-0.2, -0.15) is 13.2 Å². The Hall–Kier alpha value is -2.86. The number of carbonyl (C=O) groups is 1. The molecular formula is C19H18BrF3N6O2. The molecule has 1 unspecified atom stereocenters. The second kappa shape index (κ2) is 8.35. The summed E-state index contributed by atoms with van der Waals surface area (Å²) in [7, 11) is 1.23. The van der Waals surface area contributed by atoms with Crippen molar-refractivity contribution in [3.63, 3.8) is 0 Å². The maximum absolute atomic E-state index is 13.7. The van der Waals surface area contributed by atoms with Gasteiger partial charge < -0.3 is 20.4 Å². The average molecular weight is 499 g/mol. The number of aromatic amines is 1. The van der Waals surface area contributed by atoms with Crippen LogP contribution in [0.15, 0.2) is 29.0 Å². The van der Waals surface area contributed by atoms with Gasteiger partial charge in [-0.15, -0.1) is 0 Å². The van der Waals surface area contributed by atoms with Crippen molar-refractivity contribution in [2.45, 2.75) is 18.6 Å². The second-order valence-electron chi connectivity index (χ2n) is 6.96. The van der Waals surface area contributed by atoms with Crippen LogP contribution < -0.4 is 16.0 Å². The van der Waals surface area contributed by atoms with Crippen molar-refractivity contribution in [3.8, 4) is 11.3 Å². The molecule has 8 nitrogen and oxygen atoms in total. The summed E-state index contributed by atoms with van der Waals surface area (Å²) in [5, 5.41) is 9.30. The molecule has 4 N–H and O–H groups in total. The molecule has 0 saturated carbocycles. The van der Waals surface area contributed by atoms with E-state index in [-0.39, 0.29) is 23.2 Å². The van der Waals surface area contributed by atoms with E-state index in [1.54, 1.807) is 12.1 Å². The Bertz CT molecular complexity index is 1130. The van der Waals surface area contributed by atoms with E-state index in [0.717, 1.165) is 19.2 Å². The summed E-state index contributed by atoms with van der Waals surface area (Å²) in [6, 6.07) is 3.22. The molecule has 12 heteroatoms. The van der Waals surface area contributed by atoms with Crippen molar-refractivity contribution in [2.24, 2.45) is 0 Å². The number of ether oxygens (including phenoxy) is 1. The molecule has 164 valence electrons. The minimum Gasteiger partial charge on any atom is -0.453 e. The van der Waals surface area contributed by atoms with Gasteiger partial charge in [-0.3, -0.25) is 5.32 Å². The number of methoxy groups -OCH3 is 1. The summed E-state index contributed by atoms with van der Waals surface area (Å²) < 4.78 is 46.2. The highest BCUT2D eigenvalue weighted by Gasteiger charge is 2.36. The third-order valence-corrected chi connectivity index (χ3v) is 5.78. The number of anilines is 2. The molecule has 31 heavy (non-hydrogen) atoms. The van der Waals surface area contributed by atoms with Crippen molar-refractivity contribution in [1.82, 2.24) is 20.3 Å². The molecule has 0 bridgehead atoms. The van der Waals surface area contributed by atoms with Crippen LogP contribution in [0.5, 0.6) is 0 Å². The fourth-order valence-electron chi connectivity index (χ4n) is 3.44. The van der Waals surface area contributed by atoms with Crippen molar-refractivity contribution < 1.29 is 22.7 Å². The number of carbonyl (C=O) groups excluding carboxylic acids is 1. The van der Waals surface area contributed by atoms with Gasteiger partial charge in [0.25, 0.3) is 0 Å². The molecular weight excluding hydrogens is 481 g/mol. The van der Waals surface area contributed by atoms with Gasteiger partial charge >= 0.3 is 12.3 Å². The van der Waals surface area contributed by atoms with E-state index in [1.807, 2.05) is 0 Å². The normalized spacial score (nSPS) is 16.5. The fourth-order valence-corrected chi connectivity index (χ4v) is 4.00. The molecule has 1 aromatic carbocycles. The van der Waals surface area contributed by atoms with Gasteiger partial charge in [0, 0.05) is 35.9 Å². The highest BCUT2D eigenvalue weighted by Crippen LogP contribution is 2.41. The lowest BCUT2D eigenvalue weighted by Crippen LogP contribution is -2.24. The Morgan fingerprint density at radius 2 is 2.16 bits per heavy atom. The number of amides is 1. The zero-order valence-electron chi connectivity index (χ0n) is 16.2. The van der Waals surface area contributed by atoms with Crippen LogP contribution in [0.1, 0.15) is 12.0 Å².